The summed E-state index contributed by atoms with van der Waals surface area (Å²) >= 11 is 1.68. The Labute approximate surface area is 179 Å². The fourth-order valence-corrected chi connectivity index (χ4v) is 3.31. The molecule has 4 nitrogen and oxygen atoms in total. The number of benzene rings is 1. The highest BCUT2D eigenvalue weighted by atomic mass is 32.1. The average Bonchev–Trinajstić information content (AvgIpc) is 3.12. The smallest absolute Gasteiger partial charge is 0.110 e. The number of nitrogens with one attached hydrogen (secondary N) is 1. The molecule has 0 aliphatic carbocycles. The lowest BCUT2D eigenvalue weighted by Crippen LogP contribution is -2.24. The van der Waals surface area contributed by atoms with Crippen LogP contribution in [0.15, 0.2) is 71.6 Å². The molecule has 0 atom stereocenters. The van der Waals surface area contributed by atoms with E-state index < -0.39 is 0 Å². The Bertz CT molecular complexity index is 829. The lowest BCUT2D eigenvalue weighted by Gasteiger charge is -2.15. The Morgan fingerprint density at radius 3 is 2.62 bits per heavy atom. The minimum atomic E-state index is 0.751. The summed E-state index contributed by atoms with van der Waals surface area (Å²) in [7, 11) is 4.06. The average molecular weight is 409 g/mol. The zero-order valence-corrected chi connectivity index (χ0v) is 18.6. The van der Waals surface area contributed by atoms with E-state index in [-0.39, 0.29) is 0 Å². The van der Waals surface area contributed by atoms with Gasteiger partial charge in [-0.3, -0.25) is 0 Å². The number of hydrogen-bond acceptors (Lipinski definition) is 4. The Balaban J connectivity index is 1.80. The number of aliphatic imine (C=N–C) groups is 1. The van der Waals surface area contributed by atoms with Gasteiger partial charge in [0.25, 0.3) is 0 Å². The highest BCUT2D eigenvalue weighted by Crippen LogP contribution is 2.16. The number of thiazole rings is 1. The summed E-state index contributed by atoms with van der Waals surface area (Å²) in [6.07, 6.45) is 12.7. The highest BCUT2D eigenvalue weighted by Gasteiger charge is 2.07. The van der Waals surface area contributed by atoms with Crippen molar-refractivity contribution in [1.82, 2.24) is 15.2 Å². The summed E-state index contributed by atoms with van der Waals surface area (Å²) in [6, 6.07) is 8.53. The van der Waals surface area contributed by atoms with Crippen LogP contribution in [0.3, 0.4) is 0 Å². The molecule has 0 amide bonds. The number of aromatic nitrogens is 1. The third-order valence-electron chi connectivity index (χ3n) is 4.29. The van der Waals surface area contributed by atoms with Crippen LogP contribution in [-0.2, 0) is 12.8 Å². The number of amidine groups is 1. The fraction of sp³-hybridized carbons (Fsp3) is 0.333. The summed E-state index contributed by atoms with van der Waals surface area (Å²) < 4.78 is 0. The van der Waals surface area contributed by atoms with E-state index in [4.69, 9.17) is 4.99 Å². The first kappa shape index (κ1) is 22.8. The van der Waals surface area contributed by atoms with Crippen LogP contribution >= 0.6 is 11.3 Å². The first-order chi connectivity index (χ1) is 14.1. The molecule has 29 heavy (non-hydrogen) atoms. The van der Waals surface area contributed by atoms with E-state index in [2.05, 4.69) is 63.6 Å². The first-order valence-electron chi connectivity index (χ1n) is 9.98. The van der Waals surface area contributed by atoms with Crippen molar-refractivity contribution in [3.63, 3.8) is 0 Å². The second kappa shape index (κ2) is 12.9. The van der Waals surface area contributed by atoms with E-state index in [1.54, 1.807) is 17.4 Å². The Morgan fingerprint density at radius 2 is 1.97 bits per heavy atom. The third-order valence-corrected chi connectivity index (χ3v) is 5.11. The number of rotatable bonds is 11. The Hall–Kier alpha value is -2.50. The Kier molecular flexibility index (Phi) is 10.1. The summed E-state index contributed by atoms with van der Waals surface area (Å²) in [5.74, 6) is 1.01. The highest BCUT2D eigenvalue weighted by molar-refractivity contribution is 7.09. The van der Waals surface area contributed by atoms with Crippen LogP contribution in [-0.4, -0.2) is 42.9 Å². The molecule has 0 spiro atoms. The largest absolute Gasteiger partial charge is 0.366 e. The minimum absolute atomic E-state index is 0.751. The number of nitrogens with zero attached hydrogens (tertiary/aromatic N) is 3. The molecular weight excluding hydrogens is 376 g/mol. The van der Waals surface area contributed by atoms with E-state index in [1.165, 1.54) is 5.56 Å². The van der Waals surface area contributed by atoms with Crippen molar-refractivity contribution in [1.29, 1.82) is 0 Å². The van der Waals surface area contributed by atoms with Crippen molar-refractivity contribution in [2.24, 2.45) is 4.99 Å². The zero-order chi connectivity index (χ0) is 20.9. The monoisotopic (exact) mass is 408 g/mol. The van der Waals surface area contributed by atoms with Gasteiger partial charge >= 0.3 is 0 Å². The SMILES string of the molecule is C=C/C=C\C=C\CCNCCc1ccc(N=C(Cc2csc(C)n2)N(C)C)cc1. The van der Waals surface area contributed by atoms with Crippen molar-refractivity contribution in [3.05, 3.63) is 82.9 Å². The van der Waals surface area contributed by atoms with Crippen LogP contribution in [0.1, 0.15) is 22.7 Å². The molecule has 0 saturated carbocycles. The first-order valence-corrected chi connectivity index (χ1v) is 10.9. The predicted octanol–water partition coefficient (Wildman–Crippen LogP) is 5.11. The van der Waals surface area contributed by atoms with Crippen LogP contribution in [0.5, 0.6) is 0 Å². The summed E-state index contributed by atoms with van der Waals surface area (Å²) in [4.78, 5) is 11.4. The van der Waals surface area contributed by atoms with E-state index in [9.17, 15) is 0 Å². The van der Waals surface area contributed by atoms with Crippen LogP contribution in [0.25, 0.3) is 0 Å². The molecule has 1 aromatic carbocycles. The molecule has 5 heteroatoms. The van der Waals surface area contributed by atoms with Gasteiger partial charge in [0.05, 0.1) is 16.4 Å². The van der Waals surface area contributed by atoms with E-state index in [0.29, 0.717) is 0 Å². The van der Waals surface area contributed by atoms with Crippen molar-refractivity contribution in [3.8, 4) is 0 Å². The van der Waals surface area contributed by atoms with Gasteiger partial charge in [-0.15, -0.1) is 11.3 Å². The normalized spacial score (nSPS) is 12.2. The zero-order valence-electron chi connectivity index (χ0n) is 17.8. The molecule has 0 aliphatic heterocycles. The number of likely N-dealkylation sites (N-methyl/N-ethyl adjacent to an activating group) is 1. The number of aryl methyl sites for hydroxylation is 1. The molecule has 154 valence electrons. The molecule has 0 unspecified atom stereocenters. The molecule has 1 aromatic heterocycles. The molecule has 0 fully saturated rings. The van der Waals surface area contributed by atoms with Gasteiger partial charge in [0.15, 0.2) is 0 Å². The van der Waals surface area contributed by atoms with Crippen molar-refractivity contribution in [2.45, 2.75) is 26.2 Å². The van der Waals surface area contributed by atoms with Crippen LogP contribution in [0.4, 0.5) is 5.69 Å². The number of hydrogen-bond donors (Lipinski definition) is 1. The summed E-state index contributed by atoms with van der Waals surface area (Å²) in [6.45, 7) is 7.65. The second-order valence-corrected chi connectivity index (χ2v) is 8.02. The van der Waals surface area contributed by atoms with Crippen LogP contribution < -0.4 is 5.32 Å². The third kappa shape index (κ3) is 9.03. The second-order valence-electron chi connectivity index (χ2n) is 6.96. The standard InChI is InChI=1S/C24H32N4S/c1-5-6-7-8-9-10-16-25-17-15-21-11-13-22(14-12-21)27-24(28(3)4)18-23-19-29-20(2)26-23/h5-9,11-14,19,25H,1,10,15-18H2,2-4H3/b7-6-,9-8+,27-24?. The molecule has 0 saturated heterocycles. The van der Waals surface area contributed by atoms with Gasteiger partial charge in [-0.2, -0.15) is 0 Å². The van der Waals surface area contributed by atoms with Crippen LogP contribution in [0, 0.1) is 6.92 Å². The number of allylic oxidation sites excluding steroid dienone is 4. The van der Waals surface area contributed by atoms with E-state index in [1.807, 2.05) is 33.2 Å². The van der Waals surface area contributed by atoms with E-state index >= 15 is 0 Å². The van der Waals surface area contributed by atoms with Gasteiger partial charge in [-0.1, -0.05) is 49.1 Å². The lowest BCUT2D eigenvalue weighted by atomic mass is 10.1. The molecular formula is C24H32N4S. The topological polar surface area (TPSA) is 40.5 Å². The van der Waals surface area contributed by atoms with Gasteiger partial charge in [0.2, 0.25) is 0 Å². The molecule has 2 aromatic rings. The van der Waals surface area contributed by atoms with Crippen molar-refractivity contribution in [2.75, 3.05) is 27.2 Å². The van der Waals surface area contributed by atoms with Crippen LogP contribution in [0.2, 0.25) is 0 Å². The van der Waals surface area contributed by atoms with E-state index in [0.717, 1.165) is 54.6 Å². The van der Waals surface area contributed by atoms with Gasteiger partial charge in [-0.05, 0) is 50.6 Å². The predicted molar refractivity (Wildman–Crippen MR) is 127 cm³/mol. The van der Waals surface area contributed by atoms with Crippen molar-refractivity contribution >= 4 is 22.9 Å². The maximum atomic E-state index is 4.83. The maximum Gasteiger partial charge on any atom is 0.110 e. The maximum absolute atomic E-state index is 4.83. The van der Waals surface area contributed by atoms with Crippen molar-refractivity contribution < 1.29 is 0 Å². The quantitative estimate of drug-likeness (QED) is 0.243. The molecule has 0 aliphatic rings. The molecule has 0 bridgehead atoms. The molecule has 2 rings (SSSR count). The molecule has 1 N–H and O–H groups in total. The van der Waals surface area contributed by atoms with Gasteiger partial charge in [0.1, 0.15) is 5.84 Å². The van der Waals surface area contributed by atoms with Gasteiger partial charge in [0, 0.05) is 25.9 Å². The Morgan fingerprint density at radius 1 is 1.17 bits per heavy atom. The minimum Gasteiger partial charge on any atom is -0.366 e. The molecule has 1 heterocycles. The van der Waals surface area contributed by atoms with Gasteiger partial charge < -0.3 is 10.2 Å². The van der Waals surface area contributed by atoms with Gasteiger partial charge in [-0.25, -0.2) is 9.98 Å². The summed E-state index contributed by atoms with van der Waals surface area (Å²) in [5.41, 5.74) is 3.38. The summed E-state index contributed by atoms with van der Waals surface area (Å²) in [5, 5.41) is 6.68. The molecule has 0 radical (unpaired) electrons. The fourth-order valence-electron chi connectivity index (χ4n) is 2.70. The lowest BCUT2D eigenvalue weighted by molar-refractivity contribution is 0.609.